The van der Waals surface area contributed by atoms with E-state index in [-0.39, 0.29) is 11.8 Å². The number of carbonyl (C=O) groups excluding carboxylic acids is 4. The van der Waals surface area contributed by atoms with Gasteiger partial charge in [0.1, 0.15) is 11.5 Å². The van der Waals surface area contributed by atoms with Crippen molar-refractivity contribution >= 4 is 47.2 Å². The van der Waals surface area contributed by atoms with E-state index in [4.69, 9.17) is 19.5 Å². The minimum atomic E-state index is -0.690. The molecule has 6 heterocycles. The van der Waals surface area contributed by atoms with Crippen LogP contribution in [-0.2, 0) is 9.59 Å². The summed E-state index contributed by atoms with van der Waals surface area (Å²) in [5, 5.41) is 5.01. The number of urea groups is 2. The van der Waals surface area contributed by atoms with Gasteiger partial charge < -0.3 is 48.7 Å². The van der Waals surface area contributed by atoms with Crippen LogP contribution in [0.15, 0.2) is 58.5 Å². The van der Waals surface area contributed by atoms with E-state index in [9.17, 15) is 19.2 Å². The summed E-state index contributed by atoms with van der Waals surface area (Å²) in [6.45, 7) is 6.59. The highest BCUT2D eigenvalue weighted by molar-refractivity contribution is 6.04. The molecule has 6 aliphatic rings. The number of fused-ring (bicyclic) bond motifs is 2. The number of carbonyl (C=O) groups is 4. The maximum atomic E-state index is 13.4. The van der Waals surface area contributed by atoms with Gasteiger partial charge in [-0.1, -0.05) is 0 Å². The molecule has 8 rings (SSSR count). The molecule has 6 aliphatic heterocycles. The summed E-state index contributed by atoms with van der Waals surface area (Å²) in [5.41, 5.74) is 2.21. The largest absolute Gasteiger partial charge is 0.497 e. The fourth-order valence-electron chi connectivity index (χ4n) is 8.35. The SMILES string of the molecule is COc1ccc(N2CCN(C3=NC4C(C(=O)NC(=O)N4C)N3CCCN3C(N4CCN(c5ccc(OC)cc5)CC4)=NC4C3C(=O)NC(=O)N4C)CC2)cc1. The molecule has 4 unspecified atom stereocenters. The van der Waals surface area contributed by atoms with Gasteiger partial charge in [-0.2, -0.15) is 0 Å². The van der Waals surface area contributed by atoms with Crippen LogP contribution in [0.2, 0.25) is 0 Å². The summed E-state index contributed by atoms with van der Waals surface area (Å²) in [6.07, 6.45) is -0.761. The number of hydrogen-bond donors (Lipinski definition) is 2. The zero-order valence-electron chi connectivity index (χ0n) is 31.6. The number of ether oxygens (including phenoxy) is 2. The average Bonchev–Trinajstić information content (AvgIpc) is 3.80. The van der Waals surface area contributed by atoms with E-state index in [0.717, 1.165) is 49.1 Å². The van der Waals surface area contributed by atoms with E-state index in [2.05, 4.69) is 54.5 Å². The predicted molar refractivity (Wildman–Crippen MR) is 204 cm³/mol. The van der Waals surface area contributed by atoms with Gasteiger partial charge in [0.15, 0.2) is 36.3 Å². The van der Waals surface area contributed by atoms with E-state index in [1.165, 1.54) is 9.80 Å². The second kappa shape index (κ2) is 14.7. The van der Waals surface area contributed by atoms with Crippen LogP contribution in [0.1, 0.15) is 6.42 Å². The molecule has 4 atom stereocenters. The lowest BCUT2D eigenvalue weighted by Crippen LogP contribution is -2.65. The van der Waals surface area contributed by atoms with Crippen molar-refractivity contribution < 1.29 is 28.7 Å². The number of methoxy groups -OCH3 is 2. The van der Waals surface area contributed by atoms with Gasteiger partial charge in [-0.05, 0) is 55.0 Å². The van der Waals surface area contributed by atoms with Gasteiger partial charge in [-0.25, -0.2) is 19.6 Å². The Labute approximate surface area is 319 Å². The first-order valence-corrected chi connectivity index (χ1v) is 18.8. The van der Waals surface area contributed by atoms with E-state index in [0.29, 0.717) is 57.6 Å². The van der Waals surface area contributed by atoms with Gasteiger partial charge in [0.05, 0.1) is 14.2 Å². The standard InChI is InChI=1S/C37H48N12O6/c1-42-30-28(32(50)40-36(42)52)48(34(38-30)46-20-16-44(17-21-46)24-6-10-26(54-3)11-7-24)14-5-15-49-29-31(43(2)37(53)41-33(29)51)39-35(49)47-22-18-45(19-23-47)25-8-12-27(55-4)13-9-25/h6-13,28-31H,5,14-23H2,1-4H3,(H,40,50,52)(H,41,51,53). The summed E-state index contributed by atoms with van der Waals surface area (Å²) >= 11 is 0. The summed E-state index contributed by atoms with van der Waals surface area (Å²) in [5.74, 6) is 2.21. The molecule has 0 spiro atoms. The van der Waals surface area contributed by atoms with Crippen molar-refractivity contribution in [3.8, 4) is 11.5 Å². The Hall–Kier alpha value is -5.94. The van der Waals surface area contributed by atoms with Gasteiger partial charge in [0.25, 0.3) is 11.8 Å². The van der Waals surface area contributed by atoms with Crippen molar-refractivity contribution in [1.29, 1.82) is 0 Å². The fourth-order valence-corrected chi connectivity index (χ4v) is 8.35. The number of amides is 6. The summed E-state index contributed by atoms with van der Waals surface area (Å²) < 4.78 is 10.7. The first kappa shape index (κ1) is 36.1. The van der Waals surface area contributed by atoms with Crippen LogP contribution in [0.4, 0.5) is 21.0 Å². The highest BCUT2D eigenvalue weighted by Gasteiger charge is 2.52. The van der Waals surface area contributed by atoms with Crippen molar-refractivity contribution in [2.45, 2.75) is 30.8 Å². The van der Waals surface area contributed by atoms with Gasteiger partial charge in [-0.15, -0.1) is 0 Å². The predicted octanol–water partition coefficient (Wildman–Crippen LogP) is 0.134. The van der Waals surface area contributed by atoms with Gasteiger partial charge in [-0.3, -0.25) is 20.2 Å². The van der Waals surface area contributed by atoms with Crippen molar-refractivity contribution in [2.75, 3.05) is 104 Å². The number of nitrogens with zero attached hydrogens (tertiary/aromatic N) is 10. The molecule has 2 N–H and O–H groups in total. The molecule has 4 fully saturated rings. The molecule has 0 bridgehead atoms. The molecule has 0 saturated carbocycles. The fraction of sp³-hybridized carbons (Fsp3) is 0.514. The average molecular weight is 757 g/mol. The molecule has 18 nitrogen and oxygen atoms in total. The first-order chi connectivity index (χ1) is 26.6. The van der Waals surface area contributed by atoms with Crippen LogP contribution in [0.3, 0.4) is 0 Å². The Morgan fingerprint density at radius 2 is 0.909 bits per heavy atom. The third-order valence-electron chi connectivity index (χ3n) is 11.5. The Kier molecular flexibility index (Phi) is 9.64. The lowest BCUT2D eigenvalue weighted by molar-refractivity contribution is -0.127. The number of likely N-dealkylation sites (N-methyl/N-ethyl adjacent to an activating group) is 2. The molecule has 55 heavy (non-hydrogen) atoms. The first-order valence-electron chi connectivity index (χ1n) is 18.8. The maximum Gasteiger partial charge on any atom is 0.325 e. The van der Waals surface area contributed by atoms with E-state index in [1.54, 1.807) is 28.3 Å². The normalized spacial score (nSPS) is 25.5. The zero-order chi connectivity index (χ0) is 38.4. The number of nitrogens with one attached hydrogen (secondary N) is 2. The topological polar surface area (TPSA) is 161 Å². The summed E-state index contributed by atoms with van der Waals surface area (Å²) in [7, 11) is 6.62. The van der Waals surface area contributed by atoms with E-state index >= 15 is 0 Å². The molecule has 292 valence electrons. The van der Waals surface area contributed by atoms with Crippen LogP contribution in [0.25, 0.3) is 0 Å². The van der Waals surface area contributed by atoms with Crippen molar-refractivity contribution in [1.82, 2.24) is 40.0 Å². The number of imide groups is 2. The quantitative estimate of drug-likeness (QED) is 0.376. The molecular formula is C37H48N12O6. The van der Waals surface area contributed by atoms with Crippen molar-refractivity contribution in [3.05, 3.63) is 48.5 Å². The van der Waals surface area contributed by atoms with Crippen LogP contribution in [0, 0.1) is 0 Å². The number of guanidine groups is 2. The Morgan fingerprint density at radius 1 is 0.564 bits per heavy atom. The monoisotopic (exact) mass is 756 g/mol. The summed E-state index contributed by atoms with van der Waals surface area (Å²) in [4.78, 5) is 78.3. The van der Waals surface area contributed by atoms with Crippen molar-refractivity contribution in [2.24, 2.45) is 9.98 Å². The lowest BCUT2D eigenvalue weighted by atomic mass is 10.1. The second-order valence-corrected chi connectivity index (χ2v) is 14.5. The molecule has 0 radical (unpaired) electrons. The van der Waals surface area contributed by atoms with Gasteiger partial charge >= 0.3 is 12.1 Å². The highest BCUT2D eigenvalue weighted by Crippen LogP contribution is 2.30. The molecule has 0 aliphatic carbocycles. The number of anilines is 2. The molecule has 4 saturated heterocycles. The minimum absolute atomic E-state index is 0.381. The summed E-state index contributed by atoms with van der Waals surface area (Å²) in [6, 6.07) is 13.7. The molecule has 2 aromatic rings. The van der Waals surface area contributed by atoms with E-state index < -0.39 is 36.5 Å². The van der Waals surface area contributed by atoms with Crippen LogP contribution in [0.5, 0.6) is 11.5 Å². The zero-order valence-corrected chi connectivity index (χ0v) is 31.6. The smallest absolute Gasteiger partial charge is 0.325 e. The Morgan fingerprint density at radius 3 is 1.25 bits per heavy atom. The number of rotatable bonds is 8. The third-order valence-corrected chi connectivity index (χ3v) is 11.5. The van der Waals surface area contributed by atoms with E-state index in [1.807, 2.05) is 34.1 Å². The Bertz CT molecular complexity index is 1720. The number of aliphatic imine (C=N–C) groups is 2. The van der Waals surface area contributed by atoms with Gasteiger partial charge in [0, 0.05) is 90.9 Å². The number of piperazine rings is 2. The second-order valence-electron chi connectivity index (χ2n) is 14.5. The van der Waals surface area contributed by atoms with Crippen LogP contribution in [-0.4, -0.2) is 183 Å². The molecular weight excluding hydrogens is 708 g/mol. The lowest BCUT2D eigenvalue weighted by Gasteiger charge is -2.42. The third kappa shape index (κ3) is 6.62. The molecule has 2 aromatic carbocycles. The highest BCUT2D eigenvalue weighted by atomic mass is 16.5. The van der Waals surface area contributed by atoms with Crippen LogP contribution >= 0.6 is 0 Å². The number of hydrogen-bond acceptors (Lipinski definition) is 14. The minimum Gasteiger partial charge on any atom is -0.497 e. The van der Waals surface area contributed by atoms with Crippen molar-refractivity contribution in [3.63, 3.8) is 0 Å². The Balaban J connectivity index is 0.981. The number of benzene rings is 2. The molecule has 18 heteroatoms. The molecule has 0 aromatic heterocycles. The van der Waals surface area contributed by atoms with Gasteiger partial charge in [0.2, 0.25) is 0 Å². The van der Waals surface area contributed by atoms with Crippen LogP contribution < -0.4 is 29.9 Å². The molecule has 6 amide bonds. The maximum absolute atomic E-state index is 13.4.